The number of Topliss-reactive ketones (excluding diaryl/α,β-unsaturated/α-hetero) is 2. The zero-order valence-corrected chi connectivity index (χ0v) is 18.2. The Hall–Kier alpha value is -3.17. The molecule has 1 aromatic carbocycles. The Kier molecular flexibility index (Phi) is 16.4. The van der Waals surface area contributed by atoms with Gasteiger partial charge in [-0.1, -0.05) is 37.8 Å². The maximum Gasteiger partial charge on any atom is 0.230 e. The van der Waals surface area contributed by atoms with Crippen molar-refractivity contribution >= 4 is 17.5 Å². The van der Waals surface area contributed by atoms with Crippen LogP contribution in [-0.4, -0.2) is 36.7 Å². The summed E-state index contributed by atoms with van der Waals surface area (Å²) in [6.07, 6.45) is 3.18. The average Bonchev–Trinajstić information content (AvgIpc) is 3.28. The predicted molar refractivity (Wildman–Crippen MR) is 115 cm³/mol. The van der Waals surface area contributed by atoms with Crippen molar-refractivity contribution < 1.29 is 23.9 Å². The Morgan fingerprint density at radius 1 is 0.966 bits per heavy atom. The van der Waals surface area contributed by atoms with E-state index in [1.54, 1.807) is 44.6 Å². The molecule has 0 bridgehead atoms. The zero-order valence-electron chi connectivity index (χ0n) is 18.2. The van der Waals surface area contributed by atoms with Gasteiger partial charge in [0, 0.05) is 25.3 Å². The zero-order chi connectivity index (χ0) is 22.8. The second kappa shape index (κ2) is 17.0. The predicted octanol–water partition coefficient (Wildman–Crippen LogP) is 3.47. The Labute approximate surface area is 173 Å². The number of benzene rings is 1. The van der Waals surface area contributed by atoms with Crippen LogP contribution in [0, 0.1) is 17.8 Å². The summed E-state index contributed by atoms with van der Waals surface area (Å²) >= 11 is 0. The van der Waals surface area contributed by atoms with Crippen LogP contribution in [0.2, 0.25) is 0 Å². The molecule has 0 aliphatic rings. The number of nitrogens with one attached hydrogen (secondary N) is 1. The van der Waals surface area contributed by atoms with Gasteiger partial charge in [-0.05, 0) is 39.0 Å². The average molecular weight is 402 g/mol. The lowest BCUT2D eigenvalue weighted by atomic mass is 10.1. The van der Waals surface area contributed by atoms with Crippen LogP contribution in [0.5, 0.6) is 0 Å². The van der Waals surface area contributed by atoms with Gasteiger partial charge in [-0.2, -0.15) is 0 Å². The van der Waals surface area contributed by atoms with Gasteiger partial charge in [0.05, 0.1) is 17.7 Å². The molecular formula is C23H31NO5. The molecule has 2 rings (SSSR count). The van der Waals surface area contributed by atoms with Crippen molar-refractivity contribution in [2.75, 3.05) is 14.2 Å². The molecule has 1 unspecified atom stereocenters. The molecule has 1 heterocycles. The van der Waals surface area contributed by atoms with E-state index < -0.39 is 5.92 Å². The van der Waals surface area contributed by atoms with E-state index in [1.807, 2.05) is 26.0 Å². The van der Waals surface area contributed by atoms with Crippen LogP contribution in [0.25, 0.3) is 0 Å². The molecule has 6 nitrogen and oxygen atoms in total. The van der Waals surface area contributed by atoms with E-state index >= 15 is 0 Å². The maximum absolute atomic E-state index is 11.1. The first kappa shape index (κ1) is 28.0. The number of rotatable bonds is 3. The molecule has 1 aromatic heterocycles. The van der Waals surface area contributed by atoms with E-state index in [1.165, 1.54) is 14.0 Å². The molecule has 2 aromatic rings. The number of amides is 1. The van der Waals surface area contributed by atoms with Crippen LogP contribution < -0.4 is 5.32 Å². The highest BCUT2D eigenvalue weighted by Crippen LogP contribution is 2.04. The lowest BCUT2D eigenvalue weighted by Gasteiger charge is -2.03. The van der Waals surface area contributed by atoms with Crippen molar-refractivity contribution in [3.63, 3.8) is 0 Å². The Morgan fingerprint density at radius 3 is 1.83 bits per heavy atom. The van der Waals surface area contributed by atoms with Gasteiger partial charge >= 0.3 is 0 Å². The fourth-order valence-electron chi connectivity index (χ4n) is 1.67. The molecule has 1 amide bonds. The molecule has 0 saturated heterocycles. The van der Waals surface area contributed by atoms with Crippen LogP contribution in [0.15, 0.2) is 47.3 Å². The molecular weight excluding hydrogens is 370 g/mol. The SMILES string of the molecule is CC.CC(=O)c1ccc(C#Cc2ccoc2)cc1.CNC(=O)C(C)C(C)=O.CO. The fraction of sp³-hybridized carbons (Fsp3) is 0.348. The monoisotopic (exact) mass is 401 g/mol. The summed E-state index contributed by atoms with van der Waals surface area (Å²) in [6.45, 7) is 8.53. The number of aliphatic hydroxyl groups excluding tert-OH is 1. The highest BCUT2D eigenvalue weighted by Gasteiger charge is 2.14. The van der Waals surface area contributed by atoms with Crippen molar-refractivity contribution in [3.8, 4) is 11.8 Å². The topological polar surface area (TPSA) is 96.6 Å². The van der Waals surface area contributed by atoms with E-state index in [4.69, 9.17) is 9.52 Å². The van der Waals surface area contributed by atoms with Crippen molar-refractivity contribution in [2.24, 2.45) is 5.92 Å². The third-order valence-corrected chi connectivity index (χ3v) is 3.41. The number of aliphatic hydroxyl groups is 1. The van der Waals surface area contributed by atoms with Gasteiger partial charge < -0.3 is 14.8 Å². The van der Waals surface area contributed by atoms with Crippen molar-refractivity contribution in [2.45, 2.75) is 34.6 Å². The molecule has 0 fully saturated rings. The number of hydrogen-bond donors (Lipinski definition) is 2. The highest BCUT2D eigenvalue weighted by molar-refractivity contribution is 5.99. The largest absolute Gasteiger partial charge is 0.471 e. The number of furan rings is 1. The molecule has 0 spiro atoms. The molecule has 2 N–H and O–H groups in total. The Morgan fingerprint density at radius 2 is 1.48 bits per heavy atom. The second-order valence-corrected chi connectivity index (χ2v) is 5.34. The van der Waals surface area contributed by atoms with Gasteiger partial charge in [0.15, 0.2) is 5.78 Å². The highest BCUT2D eigenvalue weighted by atomic mass is 16.3. The normalized spacial score (nSPS) is 9.38. The lowest BCUT2D eigenvalue weighted by molar-refractivity contribution is -0.131. The van der Waals surface area contributed by atoms with Crippen LogP contribution in [0.3, 0.4) is 0 Å². The molecule has 0 aliphatic carbocycles. The van der Waals surface area contributed by atoms with Crippen LogP contribution in [0.4, 0.5) is 0 Å². The maximum atomic E-state index is 11.1. The Balaban J connectivity index is 0. The number of ketones is 2. The van der Waals surface area contributed by atoms with Gasteiger partial charge in [-0.15, -0.1) is 0 Å². The van der Waals surface area contributed by atoms with E-state index in [-0.39, 0.29) is 17.5 Å². The lowest BCUT2D eigenvalue weighted by Crippen LogP contribution is -2.29. The smallest absolute Gasteiger partial charge is 0.230 e. The second-order valence-electron chi connectivity index (χ2n) is 5.34. The van der Waals surface area contributed by atoms with E-state index in [2.05, 4.69) is 17.2 Å². The quantitative estimate of drug-likeness (QED) is 0.466. The standard InChI is InChI=1S/C14H10O2.C6H11NO2.C2H6.CH4O/c1-11(15)14-6-4-12(5-7-14)2-3-13-8-9-16-10-13;1-4(5(2)8)6(9)7-3;2*1-2/h4-10H,1H3;4H,1-3H3,(H,7,9);1-2H3;2H,1H3. The van der Waals surface area contributed by atoms with Gasteiger partial charge in [-0.25, -0.2) is 0 Å². The van der Waals surface area contributed by atoms with Gasteiger partial charge in [0.2, 0.25) is 5.91 Å². The molecule has 6 heteroatoms. The first-order valence-corrected chi connectivity index (χ1v) is 9.17. The third-order valence-electron chi connectivity index (χ3n) is 3.41. The Bertz CT molecular complexity index is 781. The molecule has 1 atom stereocenters. The van der Waals surface area contributed by atoms with E-state index in [0.29, 0.717) is 5.56 Å². The van der Waals surface area contributed by atoms with Crippen molar-refractivity contribution in [1.29, 1.82) is 0 Å². The van der Waals surface area contributed by atoms with Gasteiger partial charge in [0.25, 0.3) is 0 Å². The summed E-state index contributed by atoms with van der Waals surface area (Å²) < 4.78 is 4.91. The molecule has 0 aliphatic heterocycles. The number of hydrogen-bond acceptors (Lipinski definition) is 5. The van der Waals surface area contributed by atoms with Crippen LogP contribution >= 0.6 is 0 Å². The van der Waals surface area contributed by atoms with Crippen molar-refractivity contribution in [3.05, 3.63) is 59.5 Å². The van der Waals surface area contributed by atoms with Gasteiger partial charge in [-0.3, -0.25) is 14.4 Å². The van der Waals surface area contributed by atoms with Gasteiger partial charge in [0.1, 0.15) is 12.0 Å². The minimum atomic E-state index is -0.505. The number of carbonyl (C=O) groups excluding carboxylic acids is 3. The molecule has 0 radical (unpaired) electrons. The molecule has 29 heavy (non-hydrogen) atoms. The summed E-state index contributed by atoms with van der Waals surface area (Å²) in [6, 6.07) is 9.04. The summed E-state index contributed by atoms with van der Waals surface area (Å²) in [7, 11) is 2.52. The van der Waals surface area contributed by atoms with E-state index in [9.17, 15) is 14.4 Å². The molecule has 158 valence electrons. The summed E-state index contributed by atoms with van der Waals surface area (Å²) in [5, 5.41) is 9.39. The fourth-order valence-corrected chi connectivity index (χ4v) is 1.67. The summed E-state index contributed by atoms with van der Waals surface area (Å²) in [5.41, 5.74) is 2.43. The summed E-state index contributed by atoms with van der Waals surface area (Å²) in [4.78, 5) is 32.2. The first-order valence-electron chi connectivity index (χ1n) is 9.17. The third kappa shape index (κ3) is 12.0. The molecule has 0 saturated carbocycles. The van der Waals surface area contributed by atoms with Crippen LogP contribution in [-0.2, 0) is 9.59 Å². The minimum Gasteiger partial charge on any atom is -0.471 e. The van der Waals surface area contributed by atoms with E-state index in [0.717, 1.165) is 18.2 Å². The van der Waals surface area contributed by atoms with Crippen LogP contribution in [0.1, 0.15) is 56.1 Å². The number of carbonyl (C=O) groups is 3. The first-order chi connectivity index (χ1) is 13.8. The van der Waals surface area contributed by atoms with Crippen molar-refractivity contribution in [1.82, 2.24) is 5.32 Å². The summed E-state index contributed by atoms with van der Waals surface area (Å²) in [5.74, 6) is 5.19. The minimum absolute atomic E-state index is 0.0642.